The van der Waals surface area contributed by atoms with Crippen LogP contribution in [0.25, 0.3) is 22.2 Å². The fourth-order valence-corrected chi connectivity index (χ4v) is 3.60. The molecule has 2 aliphatic rings. The monoisotopic (exact) mass is 356 g/mol. The lowest BCUT2D eigenvalue weighted by Crippen LogP contribution is -2.28. The normalized spacial score (nSPS) is 17.9. The number of nitrogens with zero attached hydrogens (tertiary/aromatic N) is 3. The fraction of sp³-hybridized carbons (Fsp3) is 0.0952. The maximum absolute atomic E-state index is 12.9. The first-order valence-corrected chi connectivity index (χ1v) is 8.62. The van der Waals surface area contributed by atoms with Crippen molar-refractivity contribution in [2.75, 3.05) is 5.73 Å². The van der Waals surface area contributed by atoms with Crippen LogP contribution in [0, 0.1) is 6.92 Å². The Labute approximate surface area is 155 Å². The minimum absolute atomic E-state index is 0.269. The summed E-state index contributed by atoms with van der Waals surface area (Å²) in [5, 5.41) is 11.4. The number of fused-ring (bicyclic) bond motifs is 2. The number of aryl methyl sites for hydroxylation is 1. The number of amides is 1. The van der Waals surface area contributed by atoms with Gasteiger partial charge in [-0.25, -0.2) is 4.98 Å². The van der Waals surface area contributed by atoms with Gasteiger partial charge in [0.25, 0.3) is 5.91 Å². The van der Waals surface area contributed by atoms with E-state index in [9.17, 15) is 9.90 Å². The number of carbonyl (C=O) groups excluding carboxylic acids is 1. The van der Waals surface area contributed by atoms with E-state index >= 15 is 0 Å². The number of nitrogens with two attached hydrogens (primary N) is 1. The van der Waals surface area contributed by atoms with E-state index in [1.807, 2.05) is 49.4 Å². The summed E-state index contributed by atoms with van der Waals surface area (Å²) in [6.45, 7) is 1.92. The Morgan fingerprint density at radius 1 is 1.15 bits per heavy atom. The van der Waals surface area contributed by atoms with Crippen molar-refractivity contribution < 1.29 is 9.90 Å². The molecule has 0 radical (unpaired) electrons. The second kappa shape index (κ2) is 5.49. The van der Waals surface area contributed by atoms with Gasteiger partial charge >= 0.3 is 0 Å². The molecule has 3 N–H and O–H groups in total. The predicted octanol–water partition coefficient (Wildman–Crippen LogP) is 3.09. The maximum atomic E-state index is 12.9. The second-order valence-electron chi connectivity index (χ2n) is 6.65. The number of para-hydroxylation sites is 1. The molecule has 5 rings (SSSR count). The third-order valence-electron chi connectivity index (χ3n) is 4.98. The summed E-state index contributed by atoms with van der Waals surface area (Å²) in [5.41, 5.74) is 11.0. The molecule has 6 heteroatoms. The van der Waals surface area contributed by atoms with Gasteiger partial charge in [0.05, 0.1) is 22.5 Å². The van der Waals surface area contributed by atoms with E-state index in [1.54, 1.807) is 12.2 Å². The summed E-state index contributed by atoms with van der Waals surface area (Å²) in [7, 11) is 0. The molecule has 3 aromatic rings. The van der Waals surface area contributed by atoms with E-state index in [0.717, 1.165) is 17.0 Å². The average molecular weight is 356 g/mol. The number of benzene rings is 1. The van der Waals surface area contributed by atoms with Crippen LogP contribution in [0.3, 0.4) is 0 Å². The van der Waals surface area contributed by atoms with Crippen molar-refractivity contribution in [1.82, 2.24) is 14.9 Å². The first-order valence-electron chi connectivity index (χ1n) is 8.62. The molecule has 1 aromatic carbocycles. The molecular weight excluding hydrogens is 340 g/mol. The number of carbonyl (C=O) groups is 1. The van der Waals surface area contributed by atoms with Crippen LogP contribution in [-0.2, 0) is 0 Å². The number of hydrogen-bond acceptors (Lipinski definition) is 5. The lowest BCUT2D eigenvalue weighted by molar-refractivity contribution is 0.0336. The van der Waals surface area contributed by atoms with Crippen molar-refractivity contribution in [3.8, 4) is 11.3 Å². The molecule has 1 aliphatic carbocycles. The molecule has 0 fully saturated rings. The Bertz CT molecular complexity index is 1200. The van der Waals surface area contributed by atoms with Crippen molar-refractivity contribution in [1.29, 1.82) is 0 Å². The number of rotatable bonds is 2. The van der Waals surface area contributed by atoms with Crippen LogP contribution >= 0.6 is 0 Å². The lowest BCUT2D eigenvalue weighted by atomic mass is 10.0. The standard InChI is InChI=1S/C21H16N4O2/c1-11-5-2-10-15(23-11)13-8-4-9-14-17(22)16-19(24-18(13)14)21(27)25(20(16)26)12-6-3-7-12/h2-10,21,27H,1H3,(H2,22,24). The van der Waals surface area contributed by atoms with Gasteiger partial charge in [0.2, 0.25) is 0 Å². The van der Waals surface area contributed by atoms with Crippen LogP contribution in [0.15, 0.2) is 60.3 Å². The first kappa shape index (κ1) is 15.7. The van der Waals surface area contributed by atoms with Gasteiger partial charge < -0.3 is 10.8 Å². The summed E-state index contributed by atoms with van der Waals surface area (Å²) in [5.74, 6) is -0.334. The van der Waals surface area contributed by atoms with E-state index in [2.05, 4.69) is 9.97 Å². The summed E-state index contributed by atoms with van der Waals surface area (Å²) in [4.78, 5) is 23.4. The number of aromatic nitrogens is 2. The highest BCUT2D eigenvalue weighted by Gasteiger charge is 2.41. The van der Waals surface area contributed by atoms with Gasteiger partial charge in [-0.2, -0.15) is 0 Å². The van der Waals surface area contributed by atoms with Gasteiger partial charge in [0.15, 0.2) is 6.23 Å². The van der Waals surface area contributed by atoms with Crippen molar-refractivity contribution >= 4 is 22.5 Å². The Kier molecular flexibility index (Phi) is 3.20. The number of anilines is 1. The van der Waals surface area contributed by atoms with Gasteiger partial charge in [0, 0.05) is 22.3 Å². The largest absolute Gasteiger partial charge is 0.397 e. The van der Waals surface area contributed by atoms with E-state index < -0.39 is 6.23 Å². The van der Waals surface area contributed by atoms with Crippen LogP contribution in [0.5, 0.6) is 0 Å². The fourth-order valence-electron chi connectivity index (χ4n) is 3.60. The predicted molar refractivity (Wildman–Crippen MR) is 102 cm³/mol. The second-order valence-corrected chi connectivity index (χ2v) is 6.65. The molecule has 132 valence electrons. The molecule has 0 spiro atoms. The van der Waals surface area contributed by atoms with Crippen LogP contribution < -0.4 is 5.73 Å². The summed E-state index contributed by atoms with van der Waals surface area (Å²) in [6, 6.07) is 11.4. The van der Waals surface area contributed by atoms with Crippen molar-refractivity contribution in [2.45, 2.75) is 13.2 Å². The molecule has 27 heavy (non-hydrogen) atoms. The third-order valence-corrected chi connectivity index (χ3v) is 4.98. The SMILES string of the molecule is Cc1cccc(-c2cccc3c(N)c4c(nc23)C(O)N(C2=CC=C2)C4=O)n1. The smallest absolute Gasteiger partial charge is 0.264 e. The van der Waals surface area contributed by atoms with Gasteiger partial charge in [-0.15, -0.1) is 0 Å². The summed E-state index contributed by atoms with van der Waals surface area (Å²) < 4.78 is 0. The van der Waals surface area contributed by atoms with E-state index in [0.29, 0.717) is 22.3 Å². The van der Waals surface area contributed by atoms with E-state index in [1.165, 1.54) is 4.90 Å². The minimum atomic E-state index is -1.16. The quantitative estimate of drug-likeness (QED) is 0.736. The number of pyridine rings is 2. The molecule has 3 heterocycles. The van der Waals surface area contributed by atoms with Crippen LogP contribution in [0.4, 0.5) is 5.69 Å². The first-order chi connectivity index (χ1) is 13.1. The number of nitrogen functional groups attached to an aromatic ring is 1. The Morgan fingerprint density at radius 2 is 1.93 bits per heavy atom. The molecule has 0 bridgehead atoms. The Balaban J connectivity index is 1.77. The number of aliphatic hydroxyl groups excluding tert-OH is 1. The van der Waals surface area contributed by atoms with Gasteiger partial charge in [-0.3, -0.25) is 14.7 Å². The van der Waals surface area contributed by atoms with Gasteiger partial charge in [0.1, 0.15) is 5.69 Å². The highest BCUT2D eigenvalue weighted by Crippen LogP contribution is 2.42. The van der Waals surface area contributed by atoms with Crippen molar-refractivity contribution in [3.05, 3.63) is 77.3 Å². The molecule has 1 aliphatic heterocycles. The zero-order valence-corrected chi connectivity index (χ0v) is 14.5. The zero-order valence-electron chi connectivity index (χ0n) is 14.5. The third kappa shape index (κ3) is 2.14. The molecule has 0 saturated carbocycles. The molecule has 2 aromatic heterocycles. The molecule has 1 atom stereocenters. The Morgan fingerprint density at radius 3 is 2.63 bits per heavy atom. The van der Waals surface area contributed by atoms with Crippen LogP contribution in [-0.4, -0.2) is 25.9 Å². The maximum Gasteiger partial charge on any atom is 0.264 e. The zero-order chi connectivity index (χ0) is 18.7. The van der Waals surface area contributed by atoms with Gasteiger partial charge in [-0.1, -0.05) is 30.3 Å². The highest BCUT2D eigenvalue weighted by atomic mass is 16.3. The van der Waals surface area contributed by atoms with Crippen LogP contribution in [0.2, 0.25) is 0 Å². The number of allylic oxidation sites excluding steroid dienone is 3. The molecular formula is C21H16N4O2. The van der Waals surface area contributed by atoms with Gasteiger partial charge in [-0.05, 0) is 31.2 Å². The summed E-state index contributed by atoms with van der Waals surface area (Å²) in [6.07, 6.45) is 4.19. The Hall–Kier alpha value is -3.51. The number of hydrogen-bond donors (Lipinski definition) is 2. The summed E-state index contributed by atoms with van der Waals surface area (Å²) >= 11 is 0. The molecule has 0 saturated heterocycles. The van der Waals surface area contributed by atoms with Crippen molar-refractivity contribution in [3.63, 3.8) is 0 Å². The molecule has 6 nitrogen and oxygen atoms in total. The average Bonchev–Trinajstić information content (AvgIpc) is 2.85. The lowest BCUT2D eigenvalue weighted by Gasteiger charge is -2.23. The van der Waals surface area contributed by atoms with Crippen molar-refractivity contribution in [2.24, 2.45) is 0 Å². The van der Waals surface area contributed by atoms with E-state index in [4.69, 9.17) is 5.73 Å². The van der Waals surface area contributed by atoms with Crippen LogP contribution in [0.1, 0.15) is 28.0 Å². The molecule has 1 amide bonds. The highest BCUT2D eigenvalue weighted by molar-refractivity contribution is 6.12. The topological polar surface area (TPSA) is 92.3 Å². The number of aliphatic hydroxyl groups is 1. The minimum Gasteiger partial charge on any atom is -0.397 e. The molecule has 1 unspecified atom stereocenters. The van der Waals surface area contributed by atoms with E-state index in [-0.39, 0.29) is 17.2 Å².